The number of halogens is 1. The van der Waals surface area contributed by atoms with Gasteiger partial charge in [0.2, 0.25) is 5.91 Å². The van der Waals surface area contributed by atoms with E-state index in [1.54, 1.807) is 6.92 Å². The van der Waals surface area contributed by atoms with E-state index in [1.165, 1.54) is 16.7 Å². The lowest BCUT2D eigenvalue weighted by atomic mass is 10.0. The van der Waals surface area contributed by atoms with Crippen LogP contribution in [0.3, 0.4) is 0 Å². The van der Waals surface area contributed by atoms with Gasteiger partial charge >= 0.3 is 5.97 Å². The van der Waals surface area contributed by atoms with Crippen LogP contribution >= 0.6 is 27.7 Å². The number of rotatable bonds is 5. The van der Waals surface area contributed by atoms with Gasteiger partial charge in [0, 0.05) is 16.6 Å². The van der Waals surface area contributed by atoms with Gasteiger partial charge in [-0.25, -0.2) is 4.79 Å². The van der Waals surface area contributed by atoms with Crippen molar-refractivity contribution in [2.75, 3.05) is 5.75 Å². The highest BCUT2D eigenvalue weighted by Crippen LogP contribution is 2.40. The Balaban J connectivity index is 1.58. The fraction of sp³-hybridized carbons (Fsp3) is 0.353. The second kappa shape index (κ2) is 7.21. The number of thioether (sulfide) groups is 1. The summed E-state index contributed by atoms with van der Waals surface area (Å²) >= 11 is 4.84. The van der Waals surface area contributed by atoms with Crippen molar-refractivity contribution in [3.8, 4) is 0 Å². The quantitative estimate of drug-likeness (QED) is 0.707. The largest absolute Gasteiger partial charge is 0.477 e. The molecule has 2 heterocycles. The second-order valence-corrected chi connectivity index (χ2v) is 8.04. The molecule has 2 N–H and O–H groups in total. The fourth-order valence-electron chi connectivity index (χ4n) is 2.93. The van der Waals surface area contributed by atoms with Gasteiger partial charge in [0.15, 0.2) is 0 Å². The number of carboxylic acid groups (broad SMARTS) is 1. The van der Waals surface area contributed by atoms with Gasteiger partial charge in [0.05, 0.1) is 0 Å². The van der Waals surface area contributed by atoms with Gasteiger partial charge in [-0.2, -0.15) is 0 Å². The molecule has 1 fully saturated rings. The maximum absolute atomic E-state index is 12.3. The highest BCUT2D eigenvalue weighted by molar-refractivity contribution is 9.10. The minimum absolute atomic E-state index is 0.0501. The van der Waals surface area contributed by atoms with Crippen LogP contribution in [-0.2, 0) is 20.8 Å². The molecule has 2 amide bonds. The third-order valence-electron chi connectivity index (χ3n) is 4.23. The number of aliphatic carboxylic acids is 1. The molecule has 2 aliphatic rings. The Kier molecular flexibility index (Phi) is 5.19. The Bertz CT molecular complexity index is 762. The molecule has 0 unspecified atom stereocenters. The Labute approximate surface area is 157 Å². The van der Waals surface area contributed by atoms with E-state index in [2.05, 4.69) is 21.2 Å². The monoisotopic (exact) mass is 424 g/mol. The molecule has 0 spiro atoms. The Morgan fingerprint density at radius 1 is 1.36 bits per heavy atom. The van der Waals surface area contributed by atoms with E-state index in [4.69, 9.17) is 0 Å². The molecule has 2 atom stereocenters. The Morgan fingerprint density at radius 2 is 2.04 bits per heavy atom. The van der Waals surface area contributed by atoms with Crippen molar-refractivity contribution in [3.63, 3.8) is 0 Å². The zero-order chi connectivity index (χ0) is 18.1. The average Bonchev–Trinajstić information content (AvgIpc) is 2.58. The van der Waals surface area contributed by atoms with Crippen LogP contribution in [0.4, 0.5) is 0 Å². The maximum Gasteiger partial charge on any atom is 0.352 e. The molecule has 0 aromatic heterocycles. The summed E-state index contributed by atoms with van der Waals surface area (Å²) in [4.78, 5) is 37.1. The molecule has 6 nitrogen and oxygen atoms in total. The minimum atomic E-state index is -1.10. The third-order valence-corrected chi connectivity index (χ3v) is 6.18. The summed E-state index contributed by atoms with van der Waals surface area (Å²) in [5.41, 5.74) is 1.76. The van der Waals surface area contributed by atoms with Gasteiger partial charge in [-0.3, -0.25) is 14.5 Å². The number of fused-ring (bicyclic) bond motifs is 1. The zero-order valence-electron chi connectivity index (χ0n) is 13.5. The normalized spacial score (nSPS) is 22.3. The molecular formula is C17H17BrN2O4S. The predicted octanol–water partition coefficient (Wildman–Crippen LogP) is 2.14. The minimum Gasteiger partial charge on any atom is -0.477 e. The second-order valence-electron chi connectivity index (χ2n) is 6.02. The SMILES string of the molecule is CC1=C(C(=O)O)N2C(=O)[C@@H](NC(=O)CCc3ccc(Br)cc3)[C@H]2SC1. The van der Waals surface area contributed by atoms with Crippen molar-refractivity contribution in [3.05, 3.63) is 45.6 Å². The number of benzene rings is 1. The predicted molar refractivity (Wildman–Crippen MR) is 97.8 cm³/mol. The van der Waals surface area contributed by atoms with Crippen LogP contribution < -0.4 is 5.32 Å². The Hall–Kier alpha value is -1.80. The summed E-state index contributed by atoms with van der Waals surface area (Å²) in [6.45, 7) is 1.71. The van der Waals surface area contributed by atoms with Crippen LogP contribution in [-0.4, -0.2) is 45.0 Å². The van der Waals surface area contributed by atoms with Crippen molar-refractivity contribution in [1.82, 2.24) is 10.2 Å². The first-order valence-corrected chi connectivity index (χ1v) is 9.64. The van der Waals surface area contributed by atoms with Crippen LogP contribution in [0.25, 0.3) is 0 Å². The lowest BCUT2D eigenvalue weighted by Crippen LogP contribution is -2.70. The molecule has 8 heteroatoms. The molecule has 132 valence electrons. The first-order chi connectivity index (χ1) is 11.9. The fourth-order valence-corrected chi connectivity index (χ4v) is 4.49. The molecule has 2 aliphatic heterocycles. The number of β-lactam (4-membered cyclic amide) rings is 1. The van der Waals surface area contributed by atoms with E-state index in [1.807, 2.05) is 24.3 Å². The van der Waals surface area contributed by atoms with Gasteiger partial charge in [0.25, 0.3) is 5.91 Å². The molecule has 0 aliphatic carbocycles. The van der Waals surface area contributed by atoms with Crippen LogP contribution in [0, 0.1) is 0 Å². The molecule has 1 aromatic rings. The van der Waals surface area contributed by atoms with Crippen molar-refractivity contribution < 1.29 is 19.5 Å². The molecule has 3 rings (SSSR count). The van der Waals surface area contributed by atoms with Gasteiger partial charge < -0.3 is 10.4 Å². The number of aryl methyl sites for hydroxylation is 1. The van der Waals surface area contributed by atoms with Gasteiger partial charge in [-0.15, -0.1) is 11.8 Å². The van der Waals surface area contributed by atoms with Crippen molar-refractivity contribution >= 4 is 45.5 Å². The summed E-state index contributed by atoms with van der Waals surface area (Å²) in [5, 5.41) is 11.7. The molecule has 0 radical (unpaired) electrons. The van der Waals surface area contributed by atoms with Crippen molar-refractivity contribution in [2.24, 2.45) is 0 Å². The summed E-state index contributed by atoms with van der Waals surface area (Å²) in [6.07, 6.45) is 0.865. The van der Waals surface area contributed by atoms with Crippen molar-refractivity contribution in [1.29, 1.82) is 0 Å². The summed E-state index contributed by atoms with van der Waals surface area (Å²) in [7, 11) is 0. The summed E-state index contributed by atoms with van der Waals surface area (Å²) in [6, 6.07) is 7.07. The number of amides is 2. The lowest BCUT2D eigenvalue weighted by Gasteiger charge is -2.49. The van der Waals surface area contributed by atoms with E-state index < -0.39 is 12.0 Å². The highest BCUT2D eigenvalue weighted by Gasteiger charge is 2.53. The van der Waals surface area contributed by atoms with Gasteiger partial charge in [0.1, 0.15) is 17.1 Å². The van der Waals surface area contributed by atoms with E-state index in [0.717, 1.165) is 10.0 Å². The first-order valence-electron chi connectivity index (χ1n) is 7.80. The molecule has 0 saturated carbocycles. The van der Waals surface area contributed by atoms with Crippen LogP contribution in [0.1, 0.15) is 18.9 Å². The maximum atomic E-state index is 12.3. The van der Waals surface area contributed by atoms with Crippen LogP contribution in [0.5, 0.6) is 0 Å². The molecule has 1 saturated heterocycles. The summed E-state index contributed by atoms with van der Waals surface area (Å²) in [5.74, 6) is -1.12. The number of carbonyl (C=O) groups is 3. The topological polar surface area (TPSA) is 86.7 Å². The summed E-state index contributed by atoms with van der Waals surface area (Å²) < 4.78 is 0.979. The molecule has 0 bridgehead atoms. The molecular weight excluding hydrogens is 408 g/mol. The number of hydrogen-bond acceptors (Lipinski definition) is 4. The smallest absolute Gasteiger partial charge is 0.352 e. The van der Waals surface area contributed by atoms with E-state index in [-0.39, 0.29) is 29.3 Å². The standard InChI is InChI=1S/C17H17BrN2O4S/c1-9-8-25-16-13(15(22)20(16)14(9)17(23)24)19-12(21)7-4-10-2-5-11(18)6-3-10/h2-3,5-6,13,16H,4,7-8H2,1H3,(H,19,21)(H,23,24)/t13-,16-/m1/s1. The zero-order valence-corrected chi connectivity index (χ0v) is 15.9. The molecule has 1 aromatic carbocycles. The Morgan fingerprint density at radius 3 is 2.68 bits per heavy atom. The number of carboxylic acids is 1. The first kappa shape index (κ1) is 18.0. The van der Waals surface area contributed by atoms with Crippen LogP contribution in [0.2, 0.25) is 0 Å². The van der Waals surface area contributed by atoms with E-state index in [0.29, 0.717) is 17.7 Å². The van der Waals surface area contributed by atoms with Crippen molar-refractivity contribution in [2.45, 2.75) is 31.2 Å². The number of hydrogen-bond donors (Lipinski definition) is 2. The number of carbonyl (C=O) groups excluding carboxylic acids is 2. The lowest BCUT2D eigenvalue weighted by molar-refractivity contribution is -0.150. The number of nitrogens with zero attached hydrogens (tertiary/aromatic N) is 1. The highest BCUT2D eigenvalue weighted by atomic mass is 79.9. The van der Waals surface area contributed by atoms with Crippen LogP contribution in [0.15, 0.2) is 40.0 Å². The number of nitrogens with one attached hydrogen (secondary N) is 1. The molecule has 25 heavy (non-hydrogen) atoms. The van der Waals surface area contributed by atoms with Gasteiger partial charge in [-0.1, -0.05) is 28.1 Å². The third kappa shape index (κ3) is 3.59. The van der Waals surface area contributed by atoms with Gasteiger partial charge in [-0.05, 0) is 36.6 Å². The average molecular weight is 425 g/mol. The van der Waals surface area contributed by atoms with E-state index in [9.17, 15) is 19.5 Å². The van der Waals surface area contributed by atoms with E-state index >= 15 is 0 Å².